The lowest BCUT2D eigenvalue weighted by Crippen LogP contribution is -2.37. The summed E-state index contributed by atoms with van der Waals surface area (Å²) >= 11 is 0. The molecule has 7 heteroatoms. The van der Waals surface area contributed by atoms with Crippen LogP contribution >= 0.6 is 0 Å². The van der Waals surface area contributed by atoms with Gasteiger partial charge in [0.05, 0.1) is 12.8 Å². The zero-order valence-corrected chi connectivity index (χ0v) is 15.7. The van der Waals surface area contributed by atoms with Crippen molar-refractivity contribution in [2.24, 2.45) is 5.92 Å². The number of nitrogens with zero attached hydrogens (tertiary/aromatic N) is 5. The molecule has 0 radical (unpaired) electrons. The Morgan fingerprint density at radius 3 is 2.61 bits per heavy atom. The molecular formula is C21H21N5O2. The highest BCUT2D eigenvalue weighted by atomic mass is 16.5. The number of carbonyl (C=O) groups excluding carboxylic acids is 1. The Kier molecular flexibility index (Phi) is 4.07. The topological polar surface area (TPSA) is 73.1 Å². The summed E-state index contributed by atoms with van der Waals surface area (Å²) in [5.41, 5.74) is 3.40. The number of hydrogen-bond acceptors (Lipinski definition) is 5. The molecule has 3 aromatic rings. The SMILES string of the molecule is COc1ccc(-c2cc(C(=O)N3C[C@@H]4CC[C@H]3C4)cc(-n3cnnn3)c2)cc1. The van der Waals surface area contributed by atoms with Gasteiger partial charge < -0.3 is 9.64 Å². The molecule has 2 atom stereocenters. The Balaban J connectivity index is 1.56. The summed E-state index contributed by atoms with van der Waals surface area (Å²) in [7, 11) is 1.65. The first-order valence-electron chi connectivity index (χ1n) is 9.55. The van der Waals surface area contributed by atoms with Gasteiger partial charge in [0.15, 0.2) is 0 Å². The van der Waals surface area contributed by atoms with Crippen LogP contribution in [-0.2, 0) is 0 Å². The number of rotatable bonds is 4. The first-order chi connectivity index (χ1) is 13.7. The molecular weight excluding hydrogens is 354 g/mol. The second-order valence-corrected chi connectivity index (χ2v) is 7.54. The average molecular weight is 375 g/mol. The molecule has 1 saturated carbocycles. The minimum Gasteiger partial charge on any atom is -0.497 e. The molecule has 1 aliphatic heterocycles. The normalized spacial score (nSPS) is 20.5. The summed E-state index contributed by atoms with van der Waals surface area (Å²) in [6, 6.07) is 14.0. The van der Waals surface area contributed by atoms with E-state index in [1.165, 1.54) is 6.42 Å². The van der Waals surface area contributed by atoms with E-state index in [4.69, 9.17) is 4.74 Å². The van der Waals surface area contributed by atoms with E-state index in [1.807, 2.05) is 47.4 Å². The number of piperidine rings is 1. The zero-order chi connectivity index (χ0) is 19.1. The molecule has 2 aliphatic rings. The predicted octanol–water partition coefficient (Wildman–Crippen LogP) is 2.96. The van der Waals surface area contributed by atoms with Crippen molar-refractivity contribution in [2.45, 2.75) is 25.3 Å². The quantitative estimate of drug-likeness (QED) is 0.701. The Labute approximate surface area is 162 Å². The highest BCUT2D eigenvalue weighted by Gasteiger charge is 2.40. The van der Waals surface area contributed by atoms with Gasteiger partial charge in [-0.05, 0) is 77.1 Å². The van der Waals surface area contributed by atoms with E-state index >= 15 is 0 Å². The number of aromatic nitrogens is 4. The van der Waals surface area contributed by atoms with E-state index in [1.54, 1.807) is 18.1 Å². The maximum absolute atomic E-state index is 13.3. The number of ether oxygens (including phenoxy) is 1. The van der Waals surface area contributed by atoms with Gasteiger partial charge in [0.25, 0.3) is 5.91 Å². The van der Waals surface area contributed by atoms with Gasteiger partial charge in [0, 0.05) is 18.2 Å². The molecule has 1 amide bonds. The van der Waals surface area contributed by atoms with Crippen LogP contribution in [-0.4, -0.2) is 50.7 Å². The van der Waals surface area contributed by atoms with Crippen LogP contribution in [0.4, 0.5) is 0 Å². The Morgan fingerprint density at radius 2 is 1.96 bits per heavy atom. The molecule has 2 bridgehead atoms. The maximum atomic E-state index is 13.3. The van der Waals surface area contributed by atoms with Gasteiger partial charge in [-0.15, -0.1) is 5.10 Å². The molecule has 2 heterocycles. The van der Waals surface area contributed by atoms with Crippen molar-refractivity contribution >= 4 is 5.91 Å². The molecule has 142 valence electrons. The maximum Gasteiger partial charge on any atom is 0.254 e. The van der Waals surface area contributed by atoms with Crippen LogP contribution in [0.2, 0.25) is 0 Å². The van der Waals surface area contributed by atoms with Crippen molar-refractivity contribution in [2.75, 3.05) is 13.7 Å². The molecule has 1 aliphatic carbocycles. The Bertz CT molecular complexity index is 1000. The van der Waals surface area contributed by atoms with Crippen molar-refractivity contribution in [1.82, 2.24) is 25.1 Å². The van der Waals surface area contributed by atoms with Gasteiger partial charge in [-0.3, -0.25) is 4.79 Å². The lowest BCUT2D eigenvalue weighted by molar-refractivity contribution is 0.0703. The van der Waals surface area contributed by atoms with Gasteiger partial charge >= 0.3 is 0 Å². The second-order valence-electron chi connectivity index (χ2n) is 7.54. The summed E-state index contributed by atoms with van der Waals surface area (Å²) in [6.45, 7) is 0.872. The number of tetrazole rings is 1. The summed E-state index contributed by atoms with van der Waals surface area (Å²) in [4.78, 5) is 15.3. The van der Waals surface area contributed by atoms with Gasteiger partial charge in [0.1, 0.15) is 12.1 Å². The third-order valence-electron chi connectivity index (χ3n) is 5.87. The fourth-order valence-electron chi connectivity index (χ4n) is 4.44. The number of carbonyl (C=O) groups is 1. The van der Waals surface area contributed by atoms with E-state index in [2.05, 4.69) is 15.5 Å². The smallest absolute Gasteiger partial charge is 0.254 e. The largest absolute Gasteiger partial charge is 0.497 e. The number of methoxy groups -OCH3 is 1. The van der Waals surface area contributed by atoms with E-state index < -0.39 is 0 Å². The number of amides is 1. The van der Waals surface area contributed by atoms with Crippen molar-refractivity contribution in [3.05, 3.63) is 54.4 Å². The van der Waals surface area contributed by atoms with Crippen LogP contribution in [0.3, 0.4) is 0 Å². The molecule has 2 fully saturated rings. The van der Waals surface area contributed by atoms with E-state index in [-0.39, 0.29) is 5.91 Å². The van der Waals surface area contributed by atoms with Crippen LogP contribution in [0.15, 0.2) is 48.8 Å². The van der Waals surface area contributed by atoms with E-state index in [0.717, 1.165) is 42.0 Å². The predicted molar refractivity (Wildman–Crippen MR) is 103 cm³/mol. The van der Waals surface area contributed by atoms with E-state index in [9.17, 15) is 4.79 Å². The first-order valence-corrected chi connectivity index (χ1v) is 9.55. The summed E-state index contributed by atoms with van der Waals surface area (Å²) < 4.78 is 6.84. The van der Waals surface area contributed by atoms with Crippen LogP contribution in [0.5, 0.6) is 5.75 Å². The van der Waals surface area contributed by atoms with Gasteiger partial charge in [-0.1, -0.05) is 12.1 Å². The molecule has 0 spiro atoms. The molecule has 0 N–H and O–H groups in total. The minimum atomic E-state index is 0.0943. The average Bonchev–Trinajstić information content (AvgIpc) is 3.51. The third-order valence-corrected chi connectivity index (χ3v) is 5.87. The van der Waals surface area contributed by atoms with Crippen LogP contribution in [0.25, 0.3) is 16.8 Å². The lowest BCUT2D eigenvalue weighted by atomic mass is 10.0. The molecule has 1 aromatic heterocycles. The number of likely N-dealkylation sites (tertiary alicyclic amines) is 1. The minimum absolute atomic E-state index is 0.0943. The molecule has 1 saturated heterocycles. The van der Waals surface area contributed by atoms with Gasteiger partial charge in [-0.25, -0.2) is 4.68 Å². The van der Waals surface area contributed by atoms with Crippen molar-refractivity contribution in [1.29, 1.82) is 0 Å². The standard InChI is InChI=1S/C21H21N5O2/c1-28-20-6-3-15(4-7-20)16-9-17(11-19(10-16)26-13-22-23-24-26)21(27)25-12-14-2-5-18(25)8-14/h3-4,6-7,9-11,13-14,18H,2,5,8,12H2,1H3/t14-,18+/m1/s1. The third kappa shape index (κ3) is 2.93. The fraction of sp³-hybridized carbons (Fsp3) is 0.333. The van der Waals surface area contributed by atoms with E-state index in [0.29, 0.717) is 17.5 Å². The van der Waals surface area contributed by atoms with Crippen molar-refractivity contribution in [3.63, 3.8) is 0 Å². The number of fused-ring (bicyclic) bond motifs is 2. The monoisotopic (exact) mass is 375 g/mol. The molecule has 5 rings (SSSR count). The molecule has 0 unspecified atom stereocenters. The van der Waals surface area contributed by atoms with Crippen molar-refractivity contribution in [3.8, 4) is 22.6 Å². The zero-order valence-electron chi connectivity index (χ0n) is 15.7. The Hall–Kier alpha value is -3.22. The summed E-state index contributed by atoms with van der Waals surface area (Å²) in [6.07, 6.45) is 5.05. The fourth-order valence-corrected chi connectivity index (χ4v) is 4.44. The first kappa shape index (κ1) is 16.9. The molecule has 28 heavy (non-hydrogen) atoms. The highest BCUT2D eigenvalue weighted by molar-refractivity contribution is 5.96. The van der Waals surface area contributed by atoms with Crippen LogP contribution in [0.1, 0.15) is 29.6 Å². The van der Waals surface area contributed by atoms with Crippen LogP contribution in [0, 0.1) is 5.92 Å². The van der Waals surface area contributed by atoms with Crippen molar-refractivity contribution < 1.29 is 9.53 Å². The second kappa shape index (κ2) is 6.74. The number of hydrogen-bond donors (Lipinski definition) is 0. The molecule has 2 aromatic carbocycles. The summed E-state index contributed by atoms with van der Waals surface area (Å²) in [5, 5.41) is 11.4. The summed E-state index contributed by atoms with van der Waals surface area (Å²) in [5.74, 6) is 1.55. The molecule has 7 nitrogen and oxygen atoms in total. The highest BCUT2D eigenvalue weighted by Crippen LogP contribution is 2.38. The van der Waals surface area contributed by atoms with Gasteiger partial charge in [0.2, 0.25) is 0 Å². The Morgan fingerprint density at radius 1 is 1.11 bits per heavy atom. The van der Waals surface area contributed by atoms with Crippen LogP contribution < -0.4 is 4.74 Å². The van der Waals surface area contributed by atoms with Gasteiger partial charge in [-0.2, -0.15) is 0 Å². The lowest BCUT2D eigenvalue weighted by Gasteiger charge is -2.27. The number of benzene rings is 2.